The van der Waals surface area contributed by atoms with Gasteiger partial charge in [0.2, 0.25) is 0 Å². The molecule has 0 aliphatic heterocycles. The van der Waals surface area contributed by atoms with E-state index in [0.717, 1.165) is 5.56 Å². The van der Waals surface area contributed by atoms with Gasteiger partial charge < -0.3 is 10.2 Å². The van der Waals surface area contributed by atoms with Gasteiger partial charge in [0.1, 0.15) is 11.5 Å². The van der Waals surface area contributed by atoms with Crippen molar-refractivity contribution in [1.82, 2.24) is 0 Å². The first kappa shape index (κ1) is 8.42. The molecule has 2 heteroatoms. The number of hydrogen-bond acceptors (Lipinski definition) is 2. The summed E-state index contributed by atoms with van der Waals surface area (Å²) in [7, 11) is 0. The first-order valence-corrected chi connectivity index (χ1v) is 4.78. The van der Waals surface area contributed by atoms with Gasteiger partial charge in [-0.1, -0.05) is 12.8 Å². The molecule has 2 N–H and O–H groups in total. The molecule has 2 nitrogen and oxygen atoms in total. The van der Waals surface area contributed by atoms with Gasteiger partial charge in [-0.25, -0.2) is 0 Å². The van der Waals surface area contributed by atoms with E-state index in [0.29, 0.717) is 5.92 Å². The zero-order valence-corrected chi connectivity index (χ0v) is 7.53. The average molecular weight is 178 g/mol. The molecule has 0 saturated heterocycles. The Labute approximate surface area is 77.8 Å². The van der Waals surface area contributed by atoms with Crippen molar-refractivity contribution in [3.05, 3.63) is 23.8 Å². The third kappa shape index (κ3) is 1.77. The van der Waals surface area contributed by atoms with E-state index in [-0.39, 0.29) is 11.5 Å². The van der Waals surface area contributed by atoms with Gasteiger partial charge in [0.25, 0.3) is 0 Å². The summed E-state index contributed by atoms with van der Waals surface area (Å²) in [4.78, 5) is 0. The predicted octanol–water partition coefficient (Wildman–Crippen LogP) is 2.76. The molecule has 13 heavy (non-hydrogen) atoms. The summed E-state index contributed by atoms with van der Waals surface area (Å²) in [5.41, 5.74) is 1.08. The van der Waals surface area contributed by atoms with Crippen molar-refractivity contribution >= 4 is 0 Å². The summed E-state index contributed by atoms with van der Waals surface area (Å²) in [5.74, 6) is 0.877. The van der Waals surface area contributed by atoms with Crippen molar-refractivity contribution in [2.45, 2.75) is 31.6 Å². The minimum absolute atomic E-state index is 0.168. The molecule has 0 amide bonds. The van der Waals surface area contributed by atoms with Gasteiger partial charge >= 0.3 is 0 Å². The molecule has 1 aromatic rings. The number of aromatic hydroxyl groups is 2. The molecule has 0 radical (unpaired) electrons. The Morgan fingerprint density at radius 3 is 2.00 bits per heavy atom. The van der Waals surface area contributed by atoms with Crippen molar-refractivity contribution in [2.75, 3.05) is 0 Å². The zero-order valence-electron chi connectivity index (χ0n) is 7.53. The van der Waals surface area contributed by atoms with Gasteiger partial charge in [0.15, 0.2) is 0 Å². The Balaban J connectivity index is 2.28. The Hall–Kier alpha value is -1.18. The van der Waals surface area contributed by atoms with Gasteiger partial charge in [-0.2, -0.15) is 0 Å². The first-order valence-electron chi connectivity index (χ1n) is 4.78. The fourth-order valence-corrected chi connectivity index (χ4v) is 2.11. The highest BCUT2D eigenvalue weighted by atomic mass is 16.3. The van der Waals surface area contributed by atoms with E-state index in [9.17, 15) is 10.2 Å². The normalized spacial score (nSPS) is 17.8. The maximum absolute atomic E-state index is 9.29. The van der Waals surface area contributed by atoms with Crippen LogP contribution in [0.25, 0.3) is 0 Å². The molecule has 1 aliphatic carbocycles. The molecule has 0 atom stereocenters. The molecule has 2 rings (SSSR count). The average Bonchev–Trinajstić information content (AvgIpc) is 2.53. The Kier molecular flexibility index (Phi) is 2.13. The predicted molar refractivity (Wildman–Crippen MR) is 51.0 cm³/mol. The Morgan fingerprint density at radius 1 is 0.923 bits per heavy atom. The Bertz CT molecular complexity index is 281. The van der Waals surface area contributed by atoms with Crippen molar-refractivity contribution in [2.24, 2.45) is 0 Å². The van der Waals surface area contributed by atoms with Crippen molar-refractivity contribution in [3.8, 4) is 11.5 Å². The molecule has 0 spiro atoms. The number of hydrogen-bond donors (Lipinski definition) is 2. The lowest BCUT2D eigenvalue weighted by atomic mass is 9.97. The van der Waals surface area contributed by atoms with Gasteiger partial charge in [-0.05, 0) is 36.5 Å². The van der Waals surface area contributed by atoms with Crippen LogP contribution in [0, 0.1) is 0 Å². The molecule has 0 bridgehead atoms. The van der Waals surface area contributed by atoms with Crippen molar-refractivity contribution < 1.29 is 10.2 Å². The standard InChI is InChI=1S/C11H14O2/c12-10-5-9(6-11(13)7-10)8-3-1-2-4-8/h5-8,12-13H,1-4H2. The maximum atomic E-state index is 9.29. The lowest BCUT2D eigenvalue weighted by molar-refractivity contribution is 0.448. The van der Waals surface area contributed by atoms with E-state index in [4.69, 9.17) is 0 Å². The second-order valence-corrected chi connectivity index (χ2v) is 3.76. The van der Waals surface area contributed by atoms with Gasteiger partial charge in [-0.3, -0.25) is 0 Å². The minimum atomic E-state index is 0.168. The highest BCUT2D eigenvalue weighted by Gasteiger charge is 2.17. The van der Waals surface area contributed by atoms with Crippen LogP contribution in [0.1, 0.15) is 37.2 Å². The molecule has 1 aromatic carbocycles. The third-order valence-electron chi connectivity index (χ3n) is 2.75. The number of rotatable bonds is 1. The van der Waals surface area contributed by atoms with Crippen LogP contribution in [0.3, 0.4) is 0 Å². The zero-order chi connectivity index (χ0) is 9.26. The number of benzene rings is 1. The summed E-state index contributed by atoms with van der Waals surface area (Å²) in [5, 5.41) is 18.6. The van der Waals surface area contributed by atoms with E-state index in [2.05, 4.69) is 0 Å². The van der Waals surface area contributed by atoms with E-state index < -0.39 is 0 Å². The molecule has 0 unspecified atom stereocenters. The van der Waals surface area contributed by atoms with Crippen LogP contribution in [0.4, 0.5) is 0 Å². The summed E-state index contributed by atoms with van der Waals surface area (Å²) in [6.07, 6.45) is 4.90. The first-order chi connectivity index (χ1) is 6.25. The fourth-order valence-electron chi connectivity index (χ4n) is 2.11. The Morgan fingerprint density at radius 2 is 1.46 bits per heavy atom. The highest BCUT2D eigenvalue weighted by Crippen LogP contribution is 2.36. The summed E-state index contributed by atoms with van der Waals surface area (Å²) in [6, 6.07) is 4.89. The number of phenolic OH excluding ortho intramolecular Hbond substituents is 2. The summed E-state index contributed by atoms with van der Waals surface area (Å²) >= 11 is 0. The second-order valence-electron chi connectivity index (χ2n) is 3.76. The molecule has 70 valence electrons. The SMILES string of the molecule is Oc1cc(O)cc(C2CCCC2)c1. The summed E-state index contributed by atoms with van der Waals surface area (Å²) < 4.78 is 0. The van der Waals surface area contributed by atoms with Crippen LogP contribution < -0.4 is 0 Å². The molecule has 1 aliphatic rings. The molecule has 1 fully saturated rings. The van der Waals surface area contributed by atoms with E-state index in [1.807, 2.05) is 0 Å². The monoisotopic (exact) mass is 178 g/mol. The van der Waals surface area contributed by atoms with Gasteiger partial charge in [0, 0.05) is 6.07 Å². The van der Waals surface area contributed by atoms with Crippen LogP contribution in [-0.2, 0) is 0 Å². The van der Waals surface area contributed by atoms with Crippen molar-refractivity contribution in [1.29, 1.82) is 0 Å². The maximum Gasteiger partial charge on any atom is 0.119 e. The quantitative estimate of drug-likeness (QED) is 0.694. The third-order valence-corrected chi connectivity index (χ3v) is 2.75. The van der Waals surface area contributed by atoms with Crippen LogP contribution in [0.2, 0.25) is 0 Å². The topological polar surface area (TPSA) is 40.5 Å². The van der Waals surface area contributed by atoms with E-state index in [1.54, 1.807) is 12.1 Å². The molecular formula is C11H14O2. The van der Waals surface area contributed by atoms with Crippen LogP contribution in [0.15, 0.2) is 18.2 Å². The number of phenols is 2. The molecular weight excluding hydrogens is 164 g/mol. The van der Waals surface area contributed by atoms with Crippen LogP contribution >= 0.6 is 0 Å². The highest BCUT2D eigenvalue weighted by molar-refractivity contribution is 5.38. The second kappa shape index (κ2) is 3.29. The lowest BCUT2D eigenvalue weighted by Gasteiger charge is -2.09. The van der Waals surface area contributed by atoms with Crippen molar-refractivity contribution in [3.63, 3.8) is 0 Å². The molecule has 0 heterocycles. The van der Waals surface area contributed by atoms with Crippen LogP contribution in [0.5, 0.6) is 11.5 Å². The fraction of sp³-hybridized carbons (Fsp3) is 0.455. The lowest BCUT2D eigenvalue weighted by Crippen LogP contribution is -1.91. The minimum Gasteiger partial charge on any atom is -0.508 e. The molecule has 0 aromatic heterocycles. The van der Waals surface area contributed by atoms with E-state index >= 15 is 0 Å². The van der Waals surface area contributed by atoms with E-state index in [1.165, 1.54) is 31.7 Å². The summed E-state index contributed by atoms with van der Waals surface area (Å²) in [6.45, 7) is 0. The largest absolute Gasteiger partial charge is 0.508 e. The molecule has 1 saturated carbocycles. The van der Waals surface area contributed by atoms with Crippen LogP contribution in [-0.4, -0.2) is 10.2 Å². The van der Waals surface area contributed by atoms with Gasteiger partial charge in [-0.15, -0.1) is 0 Å². The van der Waals surface area contributed by atoms with Gasteiger partial charge in [0.05, 0.1) is 0 Å². The smallest absolute Gasteiger partial charge is 0.119 e.